The number of anilines is 1. The van der Waals surface area contributed by atoms with Crippen molar-refractivity contribution >= 4 is 114 Å². The number of aryl methyl sites for hydroxylation is 2. The number of H-pyrrole nitrogens is 7. The van der Waals surface area contributed by atoms with Crippen LogP contribution in [0.3, 0.4) is 0 Å². The van der Waals surface area contributed by atoms with E-state index in [2.05, 4.69) is 161 Å². The number of aromatic amines is 7. The molecule has 1 saturated carbocycles. The van der Waals surface area contributed by atoms with Gasteiger partial charge in [-0.3, -0.25) is 25.1 Å². The topological polar surface area (TPSA) is 266 Å². The molecule has 1 saturated heterocycles. The van der Waals surface area contributed by atoms with Crippen LogP contribution < -0.4 is 10.9 Å². The summed E-state index contributed by atoms with van der Waals surface area (Å²) in [5.74, 6) is 0.937. The van der Waals surface area contributed by atoms with E-state index in [1.54, 1.807) is 32.1 Å². The molecule has 7 aromatic carbocycles. The van der Waals surface area contributed by atoms with Crippen molar-refractivity contribution in [3.63, 3.8) is 0 Å². The number of hydrogen-bond donors (Lipinski definition) is 10. The van der Waals surface area contributed by atoms with Gasteiger partial charge in [-0.05, 0) is 222 Å². The highest BCUT2D eigenvalue weighted by atomic mass is 32.1. The summed E-state index contributed by atoms with van der Waals surface area (Å²) < 4.78 is 18.1. The molecule has 2 aliphatic rings. The summed E-state index contributed by atoms with van der Waals surface area (Å²) in [6.45, 7) is 15.6. The molecule has 0 spiro atoms. The van der Waals surface area contributed by atoms with E-state index in [1.807, 2.05) is 129 Å². The van der Waals surface area contributed by atoms with Crippen molar-refractivity contribution in [2.45, 2.75) is 142 Å². The molecule has 578 valence electrons. The van der Waals surface area contributed by atoms with E-state index in [0.717, 1.165) is 168 Å². The zero-order chi connectivity index (χ0) is 78.2. The average Bonchev–Trinajstić information content (AvgIpc) is 1.58. The molecule has 12 heterocycles. The van der Waals surface area contributed by atoms with Crippen LogP contribution >= 0.6 is 22.7 Å². The van der Waals surface area contributed by atoms with Gasteiger partial charge in [0.15, 0.2) is 0 Å². The second-order valence-corrected chi connectivity index (χ2v) is 33.0. The minimum absolute atomic E-state index is 0.154. The Morgan fingerprint density at radius 3 is 1.91 bits per heavy atom. The standard InChI is InChI=1S/C35H34N6O.C21H22N4.C20H22FN3OS.C16H15N3OS/c42-35-32(22-25-8-3-1-4-9-25)37-30-24-33-31(23-29(30)39-35)38-34(41(33)21-7-20-40-18-5-2-6-19-40)28-12-10-26(11-13-28)27-14-16-36-17-15-27;1-13-6-7-14-11-20(23-19(14)10-13)21-17-12-16(8-9-18(17)24-25-21)22-15-4-2-3-5-15;1-4-20(25,5-2)13-7-6-12-8-15(22-14(12)9-13)18-19-16(23-24-18)10-17(26-19)11(3)21;1-16(2,20)10-4-3-9-7-13(17-12(9)8-10)14-15-11(18-19-14)5-6-21-15/h1,3-4,8-17,23-24H,2,5-7,18-22H2,(H,39,42);6-12,15,22-23H,2-5H2,1H3,(H,24,25);6-11,22,25H,4-5H2,1-3H3,(H,23,24);3-8,17,20H,1-2H3,(H,18,19). The van der Waals surface area contributed by atoms with Gasteiger partial charge in [0.2, 0.25) is 0 Å². The highest BCUT2D eigenvalue weighted by Gasteiger charge is 2.27. The second kappa shape index (κ2) is 32.1. The van der Waals surface area contributed by atoms with Crippen LogP contribution in [-0.4, -0.2) is 111 Å². The lowest BCUT2D eigenvalue weighted by Gasteiger charge is -2.26. The molecule has 1 atom stereocenters. The van der Waals surface area contributed by atoms with Gasteiger partial charge in [0.05, 0.1) is 76.3 Å². The van der Waals surface area contributed by atoms with E-state index in [0.29, 0.717) is 41.4 Å². The zero-order valence-electron chi connectivity index (χ0n) is 64.9. The first-order valence-corrected chi connectivity index (χ1v) is 41.4. The molecule has 19 nitrogen and oxygen atoms in total. The number of aromatic nitrogens is 14. The first kappa shape index (κ1) is 75.0. The van der Waals surface area contributed by atoms with Crippen molar-refractivity contribution in [3.05, 3.63) is 243 Å². The van der Waals surface area contributed by atoms with Gasteiger partial charge in [-0.15, -0.1) is 22.7 Å². The number of halogens is 1. The molecule has 11 aromatic heterocycles. The Morgan fingerprint density at radius 1 is 0.579 bits per heavy atom. The van der Waals surface area contributed by atoms with E-state index in [9.17, 15) is 19.4 Å². The molecule has 0 amide bonds. The van der Waals surface area contributed by atoms with Crippen LogP contribution in [0, 0.1) is 6.92 Å². The number of thiophene rings is 2. The van der Waals surface area contributed by atoms with Gasteiger partial charge >= 0.3 is 0 Å². The van der Waals surface area contributed by atoms with Gasteiger partial charge in [-0.25, -0.2) is 14.4 Å². The van der Waals surface area contributed by atoms with Gasteiger partial charge in [0, 0.05) is 85.6 Å². The minimum atomic E-state index is -0.986. The largest absolute Gasteiger partial charge is 0.386 e. The van der Waals surface area contributed by atoms with Crippen LogP contribution in [0.25, 0.3) is 143 Å². The van der Waals surface area contributed by atoms with Gasteiger partial charge in [-0.1, -0.05) is 124 Å². The SMILES string of the molecule is CC(C)(O)c1ccc2cc(-c3n[nH]c4ccsc34)[nH]c2c1.CCC(O)(CC)c1ccc2cc(-c3n[nH]c4cc(C(C)F)sc34)[nH]c2c1.Cc1ccc2cc(-c3n[nH]c4ccc(NC5CCCC5)cc34)[nH]c2c1.O=c1[nH]c2cc3nc(-c4ccc(-c5ccncc5)cc4)n(CCCN4CCCCC4)c3cc2nc1Cc1ccccc1. The fourth-order valence-corrected chi connectivity index (χ4v) is 17.9. The summed E-state index contributed by atoms with van der Waals surface area (Å²) in [5, 5.41) is 53.8. The smallest absolute Gasteiger partial charge is 0.270 e. The fraction of sp³-hybridized carbons (Fsp3) is 0.272. The summed E-state index contributed by atoms with van der Waals surface area (Å²) in [4.78, 5) is 43.7. The molecule has 2 fully saturated rings. The predicted molar refractivity (Wildman–Crippen MR) is 464 cm³/mol. The van der Waals surface area contributed by atoms with Crippen molar-refractivity contribution in [2.75, 3.05) is 25.0 Å². The summed E-state index contributed by atoms with van der Waals surface area (Å²) >= 11 is 3.11. The van der Waals surface area contributed by atoms with Crippen LogP contribution in [0.5, 0.6) is 0 Å². The van der Waals surface area contributed by atoms with Gasteiger partial charge in [-0.2, -0.15) is 15.3 Å². The number of hydrogen-bond acceptors (Lipinski definition) is 13. The molecular formula is C92H93FN16O3S2. The number of alkyl halides is 1. The Hall–Kier alpha value is -11.7. The maximum Gasteiger partial charge on any atom is 0.270 e. The predicted octanol–water partition coefficient (Wildman–Crippen LogP) is 21.7. The summed E-state index contributed by atoms with van der Waals surface area (Å²) in [6.07, 6.45) is 14.7. The Balaban J connectivity index is 0.000000114. The van der Waals surface area contributed by atoms with Gasteiger partial charge in [0.1, 0.15) is 34.8 Å². The normalized spacial score (nSPS) is 14.0. The number of pyridine rings is 1. The highest BCUT2D eigenvalue weighted by Crippen LogP contribution is 2.41. The van der Waals surface area contributed by atoms with E-state index >= 15 is 0 Å². The number of nitrogens with zero attached hydrogens (tertiary/aromatic N) is 8. The summed E-state index contributed by atoms with van der Waals surface area (Å²) in [7, 11) is 0. The minimum Gasteiger partial charge on any atom is -0.386 e. The third-order valence-corrected chi connectivity index (χ3v) is 24.8. The molecule has 114 heavy (non-hydrogen) atoms. The third-order valence-electron chi connectivity index (χ3n) is 22.6. The van der Waals surface area contributed by atoms with Crippen LogP contribution in [0.4, 0.5) is 10.1 Å². The summed E-state index contributed by atoms with van der Waals surface area (Å²) in [6, 6.07) is 62.5. The fourth-order valence-electron chi connectivity index (χ4n) is 16.1. The Bertz CT molecular complexity index is 6470. The molecule has 1 unspecified atom stereocenters. The highest BCUT2D eigenvalue weighted by molar-refractivity contribution is 7.19. The summed E-state index contributed by atoms with van der Waals surface area (Å²) in [5.41, 5.74) is 22.6. The molecule has 1 aliphatic carbocycles. The molecule has 18 aromatic rings. The van der Waals surface area contributed by atoms with E-state index in [4.69, 9.17) is 9.97 Å². The van der Waals surface area contributed by atoms with Crippen LogP contribution in [0.2, 0.25) is 0 Å². The molecule has 1 aliphatic heterocycles. The molecule has 0 bridgehead atoms. The van der Waals surface area contributed by atoms with Gasteiger partial charge < -0.3 is 44.9 Å². The maximum absolute atomic E-state index is 13.6. The van der Waals surface area contributed by atoms with E-state index in [1.165, 1.54) is 86.0 Å². The lowest BCUT2D eigenvalue weighted by atomic mass is 9.88. The van der Waals surface area contributed by atoms with Crippen LogP contribution in [0.15, 0.2) is 205 Å². The molecule has 20 rings (SSSR count). The lowest BCUT2D eigenvalue weighted by molar-refractivity contribution is 0.0285. The number of rotatable bonds is 18. The Labute approximate surface area is 666 Å². The number of piperidine rings is 1. The van der Waals surface area contributed by atoms with Crippen LogP contribution in [-0.2, 0) is 24.2 Å². The molecule has 22 heteroatoms. The van der Waals surface area contributed by atoms with Crippen molar-refractivity contribution in [1.82, 2.24) is 74.9 Å². The lowest BCUT2D eigenvalue weighted by Crippen LogP contribution is -2.31. The monoisotopic (exact) mass is 1550 g/mol. The van der Waals surface area contributed by atoms with Crippen molar-refractivity contribution in [1.29, 1.82) is 0 Å². The number of imidazole rings is 1. The Morgan fingerprint density at radius 2 is 1.21 bits per heavy atom. The quantitative estimate of drug-likeness (QED) is 0.0386. The number of benzene rings is 7. The second-order valence-electron chi connectivity index (χ2n) is 31.0. The van der Waals surface area contributed by atoms with Crippen molar-refractivity contribution in [3.8, 4) is 56.7 Å². The van der Waals surface area contributed by atoms with Gasteiger partial charge in [0.25, 0.3) is 5.56 Å². The van der Waals surface area contributed by atoms with Crippen molar-refractivity contribution in [2.24, 2.45) is 0 Å². The first-order valence-electron chi connectivity index (χ1n) is 39.7. The van der Waals surface area contributed by atoms with E-state index in [-0.39, 0.29) is 5.56 Å². The van der Waals surface area contributed by atoms with Crippen LogP contribution in [0.1, 0.15) is 138 Å². The maximum atomic E-state index is 13.6. The first-order chi connectivity index (χ1) is 55.4. The third kappa shape index (κ3) is 15.8. The number of fused-ring (bicyclic) bond motifs is 8. The molecule has 10 N–H and O–H groups in total. The van der Waals surface area contributed by atoms with E-state index < -0.39 is 17.4 Å². The molecular weight excluding hydrogens is 1460 g/mol. The Kier molecular flexibility index (Phi) is 21.1. The molecule has 0 radical (unpaired) electrons. The van der Waals surface area contributed by atoms with Crippen molar-refractivity contribution < 1.29 is 14.6 Å². The zero-order valence-corrected chi connectivity index (χ0v) is 66.5. The average molecular weight is 1550 g/mol. The number of aliphatic hydroxyl groups is 2. The number of likely N-dealkylation sites (tertiary alicyclic amines) is 1. The number of nitrogens with one attached hydrogen (secondary N) is 8.